The number of hydrogen-bond acceptors (Lipinski definition) is 7. The van der Waals surface area contributed by atoms with Gasteiger partial charge in [-0.2, -0.15) is 23.4 Å². The number of hydrogen-bond donors (Lipinski definition) is 0. The third kappa shape index (κ3) is 4.25. The summed E-state index contributed by atoms with van der Waals surface area (Å²) in [6.07, 6.45) is -4.40. The minimum atomic E-state index is -4.40. The van der Waals surface area contributed by atoms with Crippen LogP contribution in [-0.4, -0.2) is 20.1 Å². The van der Waals surface area contributed by atoms with Gasteiger partial charge in [-0.25, -0.2) is 9.97 Å². The van der Waals surface area contributed by atoms with Crippen LogP contribution in [0.3, 0.4) is 0 Å². The normalized spacial score (nSPS) is 11.4. The van der Waals surface area contributed by atoms with Gasteiger partial charge in [0.25, 0.3) is 0 Å². The van der Waals surface area contributed by atoms with Crippen molar-refractivity contribution in [3.8, 4) is 17.5 Å². The summed E-state index contributed by atoms with van der Waals surface area (Å²) in [5.74, 6) is 1.27. The van der Waals surface area contributed by atoms with E-state index in [-0.39, 0.29) is 17.5 Å². The number of alkyl halides is 3. The second kappa shape index (κ2) is 7.36. The molecule has 0 saturated carbocycles. The summed E-state index contributed by atoms with van der Waals surface area (Å²) >= 11 is 1.25. The molecular weight excluding hydrogens is 379 g/mol. The molecule has 0 aliphatic rings. The highest BCUT2D eigenvalue weighted by Gasteiger charge is 2.30. The number of benzene rings is 1. The van der Waals surface area contributed by atoms with Gasteiger partial charge >= 0.3 is 6.18 Å². The van der Waals surface area contributed by atoms with Crippen LogP contribution < -0.4 is 0 Å². The van der Waals surface area contributed by atoms with Gasteiger partial charge in [-0.3, -0.25) is 0 Å². The first-order chi connectivity index (χ1) is 12.8. The van der Waals surface area contributed by atoms with Crippen LogP contribution in [0.4, 0.5) is 13.2 Å². The Labute approximate surface area is 156 Å². The maximum atomic E-state index is 12.6. The summed E-state index contributed by atoms with van der Waals surface area (Å²) in [7, 11) is 0. The maximum Gasteiger partial charge on any atom is 0.416 e. The summed E-state index contributed by atoms with van der Waals surface area (Å²) in [5, 5.41) is 13.5. The van der Waals surface area contributed by atoms with Gasteiger partial charge < -0.3 is 4.52 Å². The molecule has 3 aromatic rings. The molecule has 0 unspecified atom stereocenters. The molecule has 0 fully saturated rings. The first-order valence-corrected chi connectivity index (χ1v) is 8.65. The third-order valence-corrected chi connectivity index (χ3v) is 4.51. The fourth-order valence-electron chi connectivity index (χ4n) is 2.28. The van der Waals surface area contributed by atoms with Gasteiger partial charge in [-0.1, -0.05) is 29.1 Å². The quantitative estimate of drug-likeness (QED) is 0.483. The van der Waals surface area contributed by atoms with E-state index < -0.39 is 11.7 Å². The summed E-state index contributed by atoms with van der Waals surface area (Å²) in [6.45, 7) is 3.46. The van der Waals surface area contributed by atoms with Crippen molar-refractivity contribution in [1.82, 2.24) is 20.1 Å². The number of thioether (sulfide) groups is 1. The van der Waals surface area contributed by atoms with Crippen LogP contribution in [-0.2, 0) is 11.9 Å². The lowest BCUT2D eigenvalue weighted by Crippen LogP contribution is -2.04. The van der Waals surface area contributed by atoms with Gasteiger partial charge in [0.1, 0.15) is 22.5 Å². The minimum absolute atomic E-state index is 0.190. The van der Waals surface area contributed by atoms with Crippen molar-refractivity contribution in [2.75, 3.05) is 0 Å². The zero-order chi connectivity index (χ0) is 19.6. The summed E-state index contributed by atoms with van der Waals surface area (Å²) in [4.78, 5) is 12.6. The SMILES string of the molecule is Cc1nc(C)c(C#N)c(SCc2nc(-c3ccc(C(F)(F)F)cc3)no2)n1. The number of nitriles is 1. The van der Waals surface area contributed by atoms with E-state index >= 15 is 0 Å². The van der Waals surface area contributed by atoms with Crippen LogP contribution in [0.15, 0.2) is 33.8 Å². The molecule has 2 heterocycles. The third-order valence-electron chi connectivity index (χ3n) is 3.55. The van der Waals surface area contributed by atoms with E-state index in [1.807, 2.05) is 0 Å². The highest BCUT2D eigenvalue weighted by atomic mass is 32.2. The van der Waals surface area contributed by atoms with Gasteiger partial charge in [0.05, 0.1) is 17.0 Å². The fraction of sp³-hybridized carbons (Fsp3) is 0.235. The van der Waals surface area contributed by atoms with Gasteiger partial charge in [-0.05, 0) is 26.0 Å². The zero-order valence-corrected chi connectivity index (χ0v) is 15.0. The Morgan fingerprint density at radius 3 is 2.44 bits per heavy atom. The second-order valence-corrected chi connectivity index (χ2v) is 6.49. The molecule has 6 nitrogen and oxygen atoms in total. The van der Waals surface area contributed by atoms with Crippen LogP contribution in [0.2, 0.25) is 0 Å². The van der Waals surface area contributed by atoms with Gasteiger partial charge in [-0.15, -0.1) is 0 Å². The Morgan fingerprint density at radius 1 is 1.11 bits per heavy atom. The first-order valence-electron chi connectivity index (χ1n) is 7.66. The number of rotatable bonds is 4. The molecule has 27 heavy (non-hydrogen) atoms. The van der Waals surface area contributed by atoms with E-state index in [9.17, 15) is 18.4 Å². The van der Waals surface area contributed by atoms with Gasteiger partial charge in [0, 0.05) is 5.56 Å². The molecule has 1 aromatic carbocycles. The van der Waals surface area contributed by atoms with Crippen LogP contribution in [0.25, 0.3) is 11.4 Å². The standard InChI is InChI=1S/C17H12F3N5OS/c1-9-13(7-21)16(23-10(2)22-9)27-8-14-24-15(25-26-14)11-3-5-12(6-4-11)17(18,19)20/h3-6H,8H2,1-2H3. The topological polar surface area (TPSA) is 88.5 Å². The molecule has 0 aliphatic carbocycles. The monoisotopic (exact) mass is 391 g/mol. The molecule has 0 atom stereocenters. The lowest BCUT2D eigenvalue weighted by atomic mass is 10.1. The van der Waals surface area contributed by atoms with Crippen LogP contribution >= 0.6 is 11.8 Å². The smallest absolute Gasteiger partial charge is 0.338 e. The number of nitrogens with zero attached hydrogens (tertiary/aromatic N) is 5. The van der Waals surface area contributed by atoms with Crippen LogP contribution in [0.1, 0.15) is 28.5 Å². The molecule has 0 bridgehead atoms. The van der Waals surface area contributed by atoms with Crippen molar-refractivity contribution in [3.63, 3.8) is 0 Å². The van der Waals surface area contributed by atoms with E-state index in [0.29, 0.717) is 27.7 Å². The minimum Gasteiger partial charge on any atom is -0.338 e. The van der Waals surface area contributed by atoms with E-state index in [1.54, 1.807) is 13.8 Å². The Morgan fingerprint density at radius 2 is 1.81 bits per heavy atom. The van der Waals surface area contributed by atoms with Crippen LogP contribution in [0, 0.1) is 25.2 Å². The molecule has 2 aromatic heterocycles. The summed E-state index contributed by atoms with van der Waals surface area (Å²) < 4.78 is 43.0. The number of aryl methyl sites for hydroxylation is 2. The van der Waals surface area contributed by atoms with Crippen molar-refractivity contribution >= 4 is 11.8 Å². The largest absolute Gasteiger partial charge is 0.416 e. The van der Waals surface area contributed by atoms with Crippen molar-refractivity contribution in [2.45, 2.75) is 30.8 Å². The van der Waals surface area contributed by atoms with Crippen molar-refractivity contribution in [2.24, 2.45) is 0 Å². The molecule has 0 spiro atoms. The molecule has 10 heteroatoms. The molecular formula is C17H12F3N5OS. The first kappa shape index (κ1) is 18.8. The predicted octanol–water partition coefficient (Wildman–Crippen LogP) is 4.33. The lowest BCUT2D eigenvalue weighted by Gasteiger charge is -2.05. The maximum absolute atomic E-state index is 12.6. The van der Waals surface area contributed by atoms with Gasteiger partial charge in [0.15, 0.2) is 0 Å². The average Bonchev–Trinajstić information content (AvgIpc) is 3.08. The molecule has 0 N–H and O–H groups in total. The lowest BCUT2D eigenvalue weighted by molar-refractivity contribution is -0.137. The molecule has 0 aliphatic heterocycles. The predicted molar refractivity (Wildman–Crippen MR) is 90.5 cm³/mol. The van der Waals surface area contributed by atoms with Gasteiger partial charge in [0.2, 0.25) is 11.7 Å². The van der Waals surface area contributed by atoms with Crippen molar-refractivity contribution in [1.29, 1.82) is 5.26 Å². The average molecular weight is 391 g/mol. The number of aromatic nitrogens is 4. The second-order valence-electron chi connectivity index (χ2n) is 5.52. The molecule has 3 rings (SSSR count). The Balaban J connectivity index is 1.75. The van der Waals surface area contributed by atoms with E-state index in [2.05, 4.69) is 26.2 Å². The Kier molecular flexibility index (Phi) is 5.14. The highest BCUT2D eigenvalue weighted by molar-refractivity contribution is 7.98. The van der Waals surface area contributed by atoms with Crippen molar-refractivity contribution in [3.05, 3.63) is 52.8 Å². The van der Waals surface area contributed by atoms with E-state index in [0.717, 1.165) is 12.1 Å². The summed E-state index contributed by atoms with van der Waals surface area (Å²) in [5.41, 5.74) is 0.634. The van der Waals surface area contributed by atoms with E-state index in [4.69, 9.17) is 4.52 Å². The highest BCUT2D eigenvalue weighted by Crippen LogP contribution is 2.31. The van der Waals surface area contributed by atoms with E-state index in [1.165, 1.54) is 23.9 Å². The number of halogens is 3. The Hall–Kier alpha value is -2.93. The molecule has 0 saturated heterocycles. The van der Waals surface area contributed by atoms with Crippen LogP contribution in [0.5, 0.6) is 0 Å². The molecule has 138 valence electrons. The fourth-order valence-corrected chi connectivity index (χ4v) is 3.20. The zero-order valence-electron chi connectivity index (χ0n) is 14.2. The molecule has 0 radical (unpaired) electrons. The molecule has 0 amide bonds. The Bertz CT molecular complexity index is 1010. The van der Waals surface area contributed by atoms with Crippen molar-refractivity contribution < 1.29 is 17.7 Å². The summed E-state index contributed by atoms with van der Waals surface area (Å²) in [6, 6.07) is 6.57.